The van der Waals surface area contributed by atoms with Crippen LogP contribution >= 0.6 is 0 Å². The predicted octanol–water partition coefficient (Wildman–Crippen LogP) is 2.09. The lowest BCUT2D eigenvalue weighted by molar-refractivity contribution is 0.249. The van der Waals surface area contributed by atoms with Crippen molar-refractivity contribution in [1.29, 1.82) is 0 Å². The Morgan fingerprint density at radius 3 is 2.13 bits per heavy atom. The SMILES string of the molecule is CC(C)(C)CCN1C[C@H]2CC(N)C[C@H]2C1. The summed E-state index contributed by atoms with van der Waals surface area (Å²) < 4.78 is 0. The molecule has 2 N–H and O–H groups in total. The van der Waals surface area contributed by atoms with Gasteiger partial charge in [-0.1, -0.05) is 20.8 Å². The maximum Gasteiger partial charge on any atom is 0.00452 e. The van der Waals surface area contributed by atoms with Crippen LogP contribution in [-0.4, -0.2) is 30.6 Å². The molecular formula is C13H26N2. The molecule has 2 aliphatic rings. The average molecular weight is 210 g/mol. The quantitative estimate of drug-likeness (QED) is 0.756. The first-order valence-electron chi connectivity index (χ1n) is 6.42. The molecule has 0 aromatic carbocycles. The molecule has 1 heterocycles. The van der Waals surface area contributed by atoms with Crippen molar-refractivity contribution in [3.63, 3.8) is 0 Å². The van der Waals surface area contributed by atoms with Crippen LogP contribution in [0.2, 0.25) is 0 Å². The van der Waals surface area contributed by atoms with Gasteiger partial charge < -0.3 is 10.6 Å². The highest BCUT2D eigenvalue weighted by atomic mass is 15.2. The Morgan fingerprint density at radius 2 is 1.67 bits per heavy atom. The maximum absolute atomic E-state index is 6.00. The fraction of sp³-hybridized carbons (Fsp3) is 1.00. The van der Waals surface area contributed by atoms with Crippen LogP contribution in [-0.2, 0) is 0 Å². The lowest BCUT2D eigenvalue weighted by Gasteiger charge is -2.24. The van der Waals surface area contributed by atoms with Gasteiger partial charge >= 0.3 is 0 Å². The molecule has 88 valence electrons. The van der Waals surface area contributed by atoms with Gasteiger partial charge in [0.2, 0.25) is 0 Å². The molecule has 2 rings (SSSR count). The van der Waals surface area contributed by atoms with Crippen LogP contribution in [0.3, 0.4) is 0 Å². The summed E-state index contributed by atoms with van der Waals surface area (Å²) in [5.41, 5.74) is 6.48. The second kappa shape index (κ2) is 4.06. The van der Waals surface area contributed by atoms with E-state index in [-0.39, 0.29) is 0 Å². The third-order valence-corrected chi connectivity index (χ3v) is 4.04. The third-order valence-electron chi connectivity index (χ3n) is 4.04. The standard InChI is InChI=1S/C13H26N2/c1-13(2,3)4-5-15-8-10-6-12(14)7-11(10)9-15/h10-12H,4-9,14H2,1-3H3/t10-,11+,12?. The van der Waals surface area contributed by atoms with Crippen LogP contribution in [0.25, 0.3) is 0 Å². The molecule has 0 radical (unpaired) electrons. The number of hydrogen-bond donors (Lipinski definition) is 1. The lowest BCUT2D eigenvalue weighted by Crippen LogP contribution is -2.28. The van der Waals surface area contributed by atoms with Crippen molar-refractivity contribution < 1.29 is 0 Å². The van der Waals surface area contributed by atoms with Gasteiger partial charge in [-0.2, -0.15) is 0 Å². The van der Waals surface area contributed by atoms with Crippen molar-refractivity contribution in [3.8, 4) is 0 Å². The van der Waals surface area contributed by atoms with Crippen LogP contribution in [0.1, 0.15) is 40.0 Å². The van der Waals surface area contributed by atoms with Crippen molar-refractivity contribution in [2.24, 2.45) is 23.0 Å². The Balaban J connectivity index is 1.75. The van der Waals surface area contributed by atoms with Crippen LogP contribution < -0.4 is 5.73 Å². The number of likely N-dealkylation sites (tertiary alicyclic amines) is 1. The summed E-state index contributed by atoms with van der Waals surface area (Å²) in [5.74, 6) is 1.83. The molecule has 1 aliphatic heterocycles. The highest BCUT2D eigenvalue weighted by Gasteiger charge is 2.39. The third kappa shape index (κ3) is 2.94. The van der Waals surface area contributed by atoms with Crippen LogP contribution in [0, 0.1) is 17.3 Å². The van der Waals surface area contributed by atoms with E-state index >= 15 is 0 Å². The molecule has 0 aromatic rings. The molecule has 0 bridgehead atoms. The topological polar surface area (TPSA) is 29.3 Å². The van der Waals surface area contributed by atoms with E-state index in [1.807, 2.05) is 0 Å². The first-order chi connectivity index (χ1) is 6.94. The van der Waals surface area contributed by atoms with E-state index in [4.69, 9.17) is 5.73 Å². The fourth-order valence-electron chi connectivity index (χ4n) is 3.12. The predicted molar refractivity (Wildman–Crippen MR) is 64.7 cm³/mol. The summed E-state index contributed by atoms with van der Waals surface area (Å²) in [5, 5.41) is 0. The summed E-state index contributed by atoms with van der Waals surface area (Å²) in [4.78, 5) is 2.66. The van der Waals surface area contributed by atoms with Crippen molar-refractivity contribution >= 4 is 0 Å². The monoisotopic (exact) mass is 210 g/mol. The van der Waals surface area contributed by atoms with Crippen LogP contribution in [0.5, 0.6) is 0 Å². The molecule has 3 atom stereocenters. The van der Waals surface area contributed by atoms with Gasteiger partial charge in [0.15, 0.2) is 0 Å². The Morgan fingerprint density at radius 1 is 1.13 bits per heavy atom. The molecule has 0 amide bonds. The van der Waals surface area contributed by atoms with Crippen LogP contribution in [0.15, 0.2) is 0 Å². The molecule has 2 nitrogen and oxygen atoms in total. The summed E-state index contributed by atoms with van der Waals surface area (Å²) in [7, 11) is 0. The van der Waals surface area contributed by atoms with E-state index in [1.54, 1.807) is 0 Å². The highest BCUT2D eigenvalue weighted by Crippen LogP contribution is 2.37. The molecule has 2 fully saturated rings. The molecule has 1 saturated carbocycles. The van der Waals surface area contributed by atoms with Gasteiger partial charge in [-0.05, 0) is 43.1 Å². The van der Waals surface area contributed by atoms with Crippen molar-refractivity contribution in [3.05, 3.63) is 0 Å². The van der Waals surface area contributed by atoms with Gasteiger partial charge in [-0.15, -0.1) is 0 Å². The molecule has 0 aromatic heterocycles. The Labute approximate surface area is 94.2 Å². The first kappa shape index (κ1) is 11.4. The molecule has 0 spiro atoms. The smallest absolute Gasteiger partial charge is 0.00452 e. The number of nitrogens with two attached hydrogens (primary N) is 1. The summed E-state index contributed by atoms with van der Waals surface area (Å²) >= 11 is 0. The maximum atomic E-state index is 6.00. The Bertz CT molecular complexity index is 205. The zero-order valence-corrected chi connectivity index (χ0v) is 10.5. The lowest BCUT2D eigenvalue weighted by atomic mass is 9.92. The van der Waals surface area contributed by atoms with E-state index in [1.165, 1.54) is 38.9 Å². The van der Waals surface area contributed by atoms with Gasteiger partial charge in [0.05, 0.1) is 0 Å². The molecule has 15 heavy (non-hydrogen) atoms. The van der Waals surface area contributed by atoms with Crippen molar-refractivity contribution in [1.82, 2.24) is 4.90 Å². The van der Waals surface area contributed by atoms with Gasteiger partial charge in [0, 0.05) is 19.1 Å². The average Bonchev–Trinajstić information content (AvgIpc) is 2.55. The van der Waals surface area contributed by atoms with Crippen molar-refractivity contribution in [2.45, 2.75) is 46.1 Å². The number of fused-ring (bicyclic) bond motifs is 1. The van der Waals surface area contributed by atoms with Gasteiger partial charge in [0.1, 0.15) is 0 Å². The zero-order chi connectivity index (χ0) is 11.1. The summed E-state index contributed by atoms with van der Waals surface area (Å²) in [6, 6.07) is 0.504. The second-order valence-corrected chi connectivity index (χ2v) is 6.82. The van der Waals surface area contributed by atoms with Gasteiger partial charge in [-0.25, -0.2) is 0 Å². The Kier molecular flexibility index (Phi) is 3.09. The van der Waals surface area contributed by atoms with E-state index in [9.17, 15) is 0 Å². The minimum absolute atomic E-state index is 0.480. The normalized spacial score (nSPS) is 37.2. The number of rotatable bonds is 2. The van der Waals surface area contributed by atoms with E-state index < -0.39 is 0 Å². The molecular weight excluding hydrogens is 184 g/mol. The first-order valence-corrected chi connectivity index (χ1v) is 6.42. The van der Waals surface area contributed by atoms with Gasteiger partial charge in [0.25, 0.3) is 0 Å². The molecule has 1 aliphatic carbocycles. The minimum atomic E-state index is 0.480. The van der Waals surface area contributed by atoms with E-state index in [0.29, 0.717) is 11.5 Å². The largest absolute Gasteiger partial charge is 0.328 e. The van der Waals surface area contributed by atoms with Gasteiger partial charge in [-0.3, -0.25) is 0 Å². The molecule has 2 heteroatoms. The number of nitrogens with zero attached hydrogens (tertiary/aromatic N) is 1. The number of hydrogen-bond acceptors (Lipinski definition) is 2. The van der Waals surface area contributed by atoms with E-state index in [0.717, 1.165) is 11.8 Å². The highest BCUT2D eigenvalue weighted by molar-refractivity contribution is 4.93. The van der Waals surface area contributed by atoms with Crippen molar-refractivity contribution in [2.75, 3.05) is 19.6 Å². The van der Waals surface area contributed by atoms with Crippen LogP contribution in [0.4, 0.5) is 0 Å². The minimum Gasteiger partial charge on any atom is -0.328 e. The molecule has 1 unspecified atom stereocenters. The summed E-state index contributed by atoms with van der Waals surface area (Å²) in [6.07, 6.45) is 3.87. The fourth-order valence-corrected chi connectivity index (χ4v) is 3.12. The second-order valence-electron chi connectivity index (χ2n) is 6.82. The molecule has 1 saturated heterocycles. The zero-order valence-electron chi connectivity index (χ0n) is 10.5. The Hall–Kier alpha value is -0.0800. The van der Waals surface area contributed by atoms with E-state index in [2.05, 4.69) is 25.7 Å². The summed E-state index contributed by atoms with van der Waals surface area (Å²) in [6.45, 7) is 10.9.